The molecule has 0 radical (unpaired) electrons. The Balaban J connectivity index is 2.08. The Morgan fingerprint density at radius 3 is 2.53 bits per heavy atom. The number of ether oxygens (including phenoxy) is 1. The third-order valence-electron chi connectivity index (χ3n) is 2.78. The summed E-state index contributed by atoms with van der Waals surface area (Å²) < 4.78 is 11.3. The molecule has 0 amide bonds. The quantitative estimate of drug-likeness (QED) is 0.892. The standard InChI is InChI=1S/C15H16N2O2/c1-11-2-7-14(18-11)15(10-17)19-13-5-3-12(4-6-13)8-9-16/h2-7,15H,8,10,17H2,1H3. The molecule has 0 aliphatic carbocycles. The van der Waals surface area contributed by atoms with Crippen LogP contribution >= 0.6 is 0 Å². The van der Waals surface area contributed by atoms with Gasteiger partial charge in [-0.15, -0.1) is 0 Å². The molecule has 0 bridgehead atoms. The lowest BCUT2D eigenvalue weighted by Gasteiger charge is -2.15. The second-order valence-corrected chi connectivity index (χ2v) is 4.27. The molecule has 0 aliphatic rings. The minimum atomic E-state index is -0.296. The van der Waals surface area contributed by atoms with E-state index in [2.05, 4.69) is 6.07 Å². The van der Waals surface area contributed by atoms with Crippen LogP contribution in [0, 0.1) is 18.3 Å². The summed E-state index contributed by atoms with van der Waals surface area (Å²) in [7, 11) is 0. The van der Waals surface area contributed by atoms with Crippen molar-refractivity contribution in [2.75, 3.05) is 6.54 Å². The van der Waals surface area contributed by atoms with Crippen LogP contribution in [0.15, 0.2) is 40.8 Å². The molecule has 0 saturated carbocycles. The van der Waals surface area contributed by atoms with E-state index in [9.17, 15) is 0 Å². The van der Waals surface area contributed by atoms with E-state index in [1.54, 1.807) is 0 Å². The van der Waals surface area contributed by atoms with E-state index in [1.165, 1.54) is 0 Å². The van der Waals surface area contributed by atoms with Crippen LogP contribution in [0.2, 0.25) is 0 Å². The van der Waals surface area contributed by atoms with E-state index in [1.807, 2.05) is 43.3 Å². The summed E-state index contributed by atoms with van der Waals surface area (Å²) in [5.74, 6) is 2.27. The van der Waals surface area contributed by atoms with E-state index in [-0.39, 0.29) is 6.10 Å². The van der Waals surface area contributed by atoms with Crippen molar-refractivity contribution in [3.8, 4) is 11.8 Å². The van der Waals surface area contributed by atoms with Gasteiger partial charge in [-0.05, 0) is 36.8 Å². The fourth-order valence-corrected chi connectivity index (χ4v) is 1.79. The number of nitriles is 1. The smallest absolute Gasteiger partial charge is 0.168 e. The SMILES string of the molecule is Cc1ccc(C(CN)Oc2ccc(CC#N)cc2)o1. The van der Waals surface area contributed by atoms with Crippen LogP contribution in [0.5, 0.6) is 5.75 Å². The third-order valence-corrected chi connectivity index (χ3v) is 2.78. The Morgan fingerprint density at radius 2 is 2.00 bits per heavy atom. The van der Waals surface area contributed by atoms with Crippen molar-refractivity contribution in [2.24, 2.45) is 5.73 Å². The Labute approximate surface area is 112 Å². The molecule has 4 nitrogen and oxygen atoms in total. The Kier molecular flexibility index (Phi) is 4.22. The van der Waals surface area contributed by atoms with E-state index >= 15 is 0 Å². The molecule has 0 saturated heterocycles. The fraction of sp³-hybridized carbons (Fsp3) is 0.267. The lowest BCUT2D eigenvalue weighted by atomic mass is 10.1. The summed E-state index contributed by atoms with van der Waals surface area (Å²) in [6, 6.07) is 13.3. The van der Waals surface area contributed by atoms with Crippen molar-refractivity contribution in [3.63, 3.8) is 0 Å². The van der Waals surface area contributed by atoms with Crippen LogP contribution in [0.3, 0.4) is 0 Å². The van der Waals surface area contributed by atoms with Crippen molar-refractivity contribution < 1.29 is 9.15 Å². The largest absolute Gasteiger partial charge is 0.481 e. The second kappa shape index (κ2) is 6.07. The normalized spacial score (nSPS) is 11.8. The second-order valence-electron chi connectivity index (χ2n) is 4.27. The molecule has 4 heteroatoms. The van der Waals surface area contributed by atoms with Crippen molar-refractivity contribution in [1.29, 1.82) is 5.26 Å². The predicted molar refractivity (Wildman–Crippen MR) is 71.6 cm³/mol. The first kappa shape index (κ1) is 13.2. The molecule has 0 spiro atoms. The molecule has 1 unspecified atom stereocenters. The number of benzene rings is 1. The molecule has 1 aromatic heterocycles. The van der Waals surface area contributed by atoms with E-state index in [4.69, 9.17) is 20.1 Å². The highest BCUT2D eigenvalue weighted by atomic mass is 16.5. The maximum atomic E-state index is 8.61. The van der Waals surface area contributed by atoms with E-state index < -0.39 is 0 Å². The van der Waals surface area contributed by atoms with Gasteiger partial charge in [0.05, 0.1) is 12.5 Å². The summed E-state index contributed by atoms with van der Waals surface area (Å²) in [6.07, 6.45) is 0.105. The molecule has 1 atom stereocenters. The van der Waals surface area contributed by atoms with Crippen LogP contribution in [0.1, 0.15) is 23.2 Å². The van der Waals surface area contributed by atoms with Gasteiger partial charge in [0.1, 0.15) is 17.3 Å². The van der Waals surface area contributed by atoms with E-state index in [0.717, 1.165) is 17.1 Å². The van der Waals surface area contributed by atoms with Crippen molar-refractivity contribution >= 4 is 0 Å². The summed E-state index contributed by atoms with van der Waals surface area (Å²) >= 11 is 0. The van der Waals surface area contributed by atoms with E-state index in [0.29, 0.717) is 18.7 Å². The predicted octanol–water partition coefficient (Wildman–Crippen LogP) is 2.73. The number of hydrogen-bond acceptors (Lipinski definition) is 4. The Morgan fingerprint density at radius 1 is 1.26 bits per heavy atom. The molecule has 2 N–H and O–H groups in total. The Bertz CT molecular complexity index is 567. The zero-order chi connectivity index (χ0) is 13.7. The zero-order valence-electron chi connectivity index (χ0n) is 10.8. The lowest BCUT2D eigenvalue weighted by Crippen LogP contribution is -2.17. The topological polar surface area (TPSA) is 72.2 Å². The van der Waals surface area contributed by atoms with Gasteiger partial charge in [-0.2, -0.15) is 5.26 Å². The summed E-state index contributed by atoms with van der Waals surface area (Å²) in [6.45, 7) is 2.22. The maximum absolute atomic E-state index is 8.61. The van der Waals surface area contributed by atoms with Crippen LogP contribution in [-0.4, -0.2) is 6.54 Å². The molecule has 19 heavy (non-hydrogen) atoms. The first-order chi connectivity index (χ1) is 9.22. The average molecular weight is 256 g/mol. The number of nitrogens with two attached hydrogens (primary N) is 1. The monoisotopic (exact) mass is 256 g/mol. The van der Waals surface area contributed by atoms with Crippen molar-refractivity contribution in [1.82, 2.24) is 0 Å². The van der Waals surface area contributed by atoms with Crippen LogP contribution in [-0.2, 0) is 6.42 Å². The van der Waals surface area contributed by atoms with Gasteiger partial charge in [0.15, 0.2) is 6.10 Å². The number of hydrogen-bond donors (Lipinski definition) is 1. The molecule has 1 heterocycles. The van der Waals surface area contributed by atoms with Gasteiger partial charge in [-0.1, -0.05) is 12.1 Å². The molecular formula is C15H16N2O2. The maximum Gasteiger partial charge on any atom is 0.168 e. The number of rotatable bonds is 5. The first-order valence-electron chi connectivity index (χ1n) is 6.12. The van der Waals surface area contributed by atoms with Gasteiger partial charge in [-0.3, -0.25) is 0 Å². The highest BCUT2D eigenvalue weighted by molar-refractivity contribution is 5.29. The average Bonchev–Trinajstić information content (AvgIpc) is 2.85. The fourth-order valence-electron chi connectivity index (χ4n) is 1.79. The highest BCUT2D eigenvalue weighted by Gasteiger charge is 2.15. The zero-order valence-corrected chi connectivity index (χ0v) is 10.8. The molecule has 98 valence electrons. The van der Waals surface area contributed by atoms with Crippen LogP contribution < -0.4 is 10.5 Å². The number of furan rings is 1. The summed E-state index contributed by atoms with van der Waals surface area (Å²) in [5, 5.41) is 8.61. The summed E-state index contributed by atoms with van der Waals surface area (Å²) in [4.78, 5) is 0. The number of nitrogens with zero attached hydrogens (tertiary/aromatic N) is 1. The Hall–Kier alpha value is -2.25. The minimum Gasteiger partial charge on any atom is -0.481 e. The molecule has 0 fully saturated rings. The molecule has 1 aromatic carbocycles. The van der Waals surface area contributed by atoms with Gasteiger partial charge >= 0.3 is 0 Å². The molecule has 0 aliphatic heterocycles. The van der Waals surface area contributed by atoms with Gasteiger partial charge in [0.2, 0.25) is 0 Å². The minimum absolute atomic E-state index is 0.296. The molecular weight excluding hydrogens is 240 g/mol. The molecule has 2 aromatic rings. The van der Waals surface area contributed by atoms with Gasteiger partial charge in [0.25, 0.3) is 0 Å². The van der Waals surface area contributed by atoms with Crippen LogP contribution in [0.25, 0.3) is 0 Å². The van der Waals surface area contributed by atoms with Gasteiger partial charge < -0.3 is 14.9 Å². The number of aryl methyl sites for hydroxylation is 1. The van der Waals surface area contributed by atoms with Crippen LogP contribution in [0.4, 0.5) is 0 Å². The van der Waals surface area contributed by atoms with Crippen molar-refractivity contribution in [2.45, 2.75) is 19.4 Å². The summed E-state index contributed by atoms with van der Waals surface area (Å²) in [5.41, 5.74) is 6.68. The third kappa shape index (κ3) is 3.36. The first-order valence-corrected chi connectivity index (χ1v) is 6.12. The van der Waals surface area contributed by atoms with Gasteiger partial charge in [-0.25, -0.2) is 0 Å². The lowest BCUT2D eigenvalue weighted by molar-refractivity contribution is 0.182. The van der Waals surface area contributed by atoms with Gasteiger partial charge in [0, 0.05) is 6.54 Å². The van der Waals surface area contributed by atoms with Crippen molar-refractivity contribution in [3.05, 3.63) is 53.5 Å². The molecule has 2 rings (SSSR count). The highest BCUT2D eigenvalue weighted by Crippen LogP contribution is 2.23.